The third-order valence-electron chi connectivity index (χ3n) is 3.02. The van der Waals surface area contributed by atoms with Gasteiger partial charge in [0.2, 0.25) is 0 Å². The third kappa shape index (κ3) is 2.01. The molecule has 0 radical (unpaired) electrons. The lowest BCUT2D eigenvalue weighted by molar-refractivity contribution is 0.692. The zero-order valence-corrected chi connectivity index (χ0v) is 10.8. The van der Waals surface area contributed by atoms with Gasteiger partial charge in [0.05, 0.1) is 5.69 Å². The predicted octanol–water partition coefficient (Wildman–Crippen LogP) is 1.64. The van der Waals surface area contributed by atoms with Crippen molar-refractivity contribution >= 4 is 0 Å². The number of hydrogen-bond acceptors (Lipinski definition) is 2. The van der Waals surface area contributed by atoms with Crippen LogP contribution in [0.15, 0.2) is 40.2 Å². The molecular weight excluding hydrogens is 228 g/mol. The largest absolute Gasteiger partial charge is 0.320 e. The maximum Gasteiger partial charge on any atom is 0.320 e. The summed E-state index contributed by atoms with van der Waals surface area (Å²) in [6, 6.07) is 5.84. The molecule has 0 saturated heterocycles. The van der Waals surface area contributed by atoms with Crippen molar-refractivity contribution in [2.75, 3.05) is 0 Å². The molecule has 1 heterocycles. The summed E-state index contributed by atoms with van der Waals surface area (Å²) in [5, 5.41) is 0. The van der Waals surface area contributed by atoms with Crippen LogP contribution in [-0.2, 0) is 6.54 Å². The molecule has 0 fully saturated rings. The summed E-state index contributed by atoms with van der Waals surface area (Å²) in [5.74, 6) is 0. The zero-order chi connectivity index (χ0) is 13.3. The summed E-state index contributed by atoms with van der Waals surface area (Å²) in [7, 11) is 0. The predicted molar refractivity (Wildman–Crippen MR) is 71.4 cm³/mol. The highest BCUT2D eigenvalue weighted by molar-refractivity contribution is 5.42. The van der Waals surface area contributed by atoms with Crippen LogP contribution in [0.4, 0.5) is 0 Å². The minimum atomic E-state index is -0.506. The van der Waals surface area contributed by atoms with E-state index in [-0.39, 0.29) is 0 Å². The smallest absolute Gasteiger partial charge is 0.310 e. The van der Waals surface area contributed by atoms with Crippen molar-refractivity contribution in [1.82, 2.24) is 9.13 Å². The number of aromatic nitrogens is 2. The summed E-state index contributed by atoms with van der Waals surface area (Å²) >= 11 is 0. The second kappa shape index (κ2) is 4.64. The van der Waals surface area contributed by atoms with E-state index in [1.54, 1.807) is 12.4 Å². The fourth-order valence-electron chi connectivity index (χ4n) is 1.93. The van der Waals surface area contributed by atoms with E-state index in [2.05, 4.69) is 0 Å². The summed E-state index contributed by atoms with van der Waals surface area (Å²) in [6.45, 7) is 6.22. The van der Waals surface area contributed by atoms with E-state index in [4.69, 9.17) is 0 Å². The normalized spacial score (nSPS) is 10.6. The quantitative estimate of drug-likeness (QED) is 0.754. The van der Waals surface area contributed by atoms with Gasteiger partial charge >= 0.3 is 11.1 Å². The van der Waals surface area contributed by atoms with Crippen LogP contribution in [0, 0.1) is 13.8 Å². The Morgan fingerprint density at radius 3 is 2.44 bits per heavy atom. The Bertz CT molecular complexity index is 696. The molecule has 0 aliphatic rings. The van der Waals surface area contributed by atoms with Gasteiger partial charge in [0.15, 0.2) is 0 Å². The molecule has 2 aromatic rings. The number of aryl methyl sites for hydroxylation is 3. The fourth-order valence-corrected chi connectivity index (χ4v) is 1.93. The van der Waals surface area contributed by atoms with Crippen molar-refractivity contribution in [3.63, 3.8) is 0 Å². The van der Waals surface area contributed by atoms with Gasteiger partial charge in [-0.15, -0.1) is 0 Å². The van der Waals surface area contributed by atoms with Crippen LogP contribution in [0.5, 0.6) is 0 Å². The number of nitrogens with zero attached hydrogens (tertiary/aromatic N) is 2. The second-order valence-electron chi connectivity index (χ2n) is 4.35. The minimum Gasteiger partial charge on any atom is -0.310 e. The number of hydrogen-bond donors (Lipinski definition) is 0. The topological polar surface area (TPSA) is 44.0 Å². The molecule has 0 aliphatic carbocycles. The van der Waals surface area contributed by atoms with E-state index in [1.807, 2.05) is 39.0 Å². The molecule has 0 atom stereocenters. The van der Waals surface area contributed by atoms with E-state index >= 15 is 0 Å². The average Bonchev–Trinajstić information content (AvgIpc) is 2.36. The highest BCUT2D eigenvalue weighted by atomic mass is 16.2. The van der Waals surface area contributed by atoms with E-state index in [0.29, 0.717) is 6.54 Å². The molecule has 0 bridgehead atoms. The zero-order valence-electron chi connectivity index (χ0n) is 10.8. The van der Waals surface area contributed by atoms with Gasteiger partial charge < -0.3 is 4.57 Å². The first-order valence-corrected chi connectivity index (χ1v) is 5.94. The van der Waals surface area contributed by atoms with Crippen molar-refractivity contribution in [3.8, 4) is 5.69 Å². The molecule has 4 nitrogen and oxygen atoms in total. The molecule has 0 saturated carbocycles. The Kier molecular flexibility index (Phi) is 3.19. The van der Waals surface area contributed by atoms with Crippen LogP contribution in [0.1, 0.15) is 18.1 Å². The van der Waals surface area contributed by atoms with E-state index in [1.165, 1.54) is 9.13 Å². The molecular formula is C14H16N2O2. The Labute approximate surface area is 105 Å². The van der Waals surface area contributed by atoms with Gasteiger partial charge in [-0.05, 0) is 38.0 Å². The molecule has 1 aromatic heterocycles. The lowest BCUT2D eigenvalue weighted by Crippen LogP contribution is -2.39. The summed E-state index contributed by atoms with van der Waals surface area (Å²) in [4.78, 5) is 23.9. The monoisotopic (exact) mass is 244 g/mol. The van der Waals surface area contributed by atoms with Crippen molar-refractivity contribution < 1.29 is 0 Å². The maximum absolute atomic E-state index is 12.0. The molecule has 4 heteroatoms. The molecule has 0 unspecified atom stereocenters. The fraction of sp³-hybridized carbons (Fsp3) is 0.286. The van der Waals surface area contributed by atoms with Gasteiger partial charge in [0, 0.05) is 18.9 Å². The lowest BCUT2D eigenvalue weighted by Gasteiger charge is -2.10. The Morgan fingerprint density at radius 1 is 1.06 bits per heavy atom. The number of rotatable bonds is 2. The Hall–Kier alpha value is -2.10. The van der Waals surface area contributed by atoms with Crippen LogP contribution in [-0.4, -0.2) is 9.13 Å². The first-order chi connectivity index (χ1) is 8.54. The van der Waals surface area contributed by atoms with E-state index in [9.17, 15) is 9.59 Å². The summed E-state index contributed by atoms with van der Waals surface area (Å²) in [6.07, 6.45) is 3.29. The van der Waals surface area contributed by atoms with Gasteiger partial charge in [-0.25, -0.2) is 0 Å². The van der Waals surface area contributed by atoms with Crippen molar-refractivity contribution in [2.24, 2.45) is 0 Å². The minimum absolute atomic E-state index is 0.485. The standard InChI is InChI=1S/C14H16N2O2/c1-4-15-7-8-16(14(18)13(15)17)12-9-10(2)5-6-11(12)3/h5-9H,4H2,1-3H3. The van der Waals surface area contributed by atoms with Crippen LogP contribution in [0.25, 0.3) is 5.69 Å². The van der Waals surface area contributed by atoms with Crippen molar-refractivity contribution in [3.05, 3.63) is 62.4 Å². The van der Waals surface area contributed by atoms with E-state index in [0.717, 1.165) is 16.8 Å². The van der Waals surface area contributed by atoms with Crippen molar-refractivity contribution in [1.29, 1.82) is 0 Å². The molecule has 0 spiro atoms. The third-order valence-corrected chi connectivity index (χ3v) is 3.02. The molecule has 0 amide bonds. The van der Waals surface area contributed by atoms with Crippen LogP contribution < -0.4 is 11.1 Å². The Morgan fingerprint density at radius 2 is 1.78 bits per heavy atom. The molecule has 0 N–H and O–H groups in total. The highest BCUT2D eigenvalue weighted by Gasteiger charge is 2.07. The lowest BCUT2D eigenvalue weighted by atomic mass is 10.1. The van der Waals surface area contributed by atoms with Gasteiger partial charge in [0.1, 0.15) is 0 Å². The van der Waals surface area contributed by atoms with Crippen LogP contribution >= 0.6 is 0 Å². The molecule has 18 heavy (non-hydrogen) atoms. The number of benzene rings is 1. The summed E-state index contributed by atoms with van der Waals surface area (Å²) < 4.78 is 2.82. The molecule has 1 aromatic carbocycles. The van der Waals surface area contributed by atoms with E-state index < -0.39 is 11.1 Å². The summed E-state index contributed by atoms with van der Waals surface area (Å²) in [5.41, 5.74) is 1.80. The second-order valence-corrected chi connectivity index (χ2v) is 4.35. The van der Waals surface area contributed by atoms with Gasteiger partial charge in [-0.1, -0.05) is 12.1 Å². The van der Waals surface area contributed by atoms with Gasteiger partial charge in [0.25, 0.3) is 0 Å². The van der Waals surface area contributed by atoms with Crippen LogP contribution in [0.2, 0.25) is 0 Å². The van der Waals surface area contributed by atoms with Gasteiger partial charge in [-0.3, -0.25) is 14.2 Å². The van der Waals surface area contributed by atoms with Gasteiger partial charge in [-0.2, -0.15) is 0 Å². The van der Waals surface area contributed by atoms with Crippen LogP contribution in [0.3, 0.4) is 0 Å². The molecule has 94 valence electrons. The molecule has 2 rings (SSSR count). The highest BCUT2D eigenvalue weighted by Crippen LogP contribution is 2.13. The molecule has 0 aliphatic heterocycles. The Balaban J connectivity index is 2.73. The first-order valence-electron chi connectivity index (χ1n) is 5.94. The maximum atomic E-state index is 12.0. The SMILES string of the molecule is CCn1ccn(-c2cc(C)ccc2C)c(=O)c1=O. The van der Waals surface area contributed by atoms with Crippen molar-refractivity contribution in [2.45, 2.75) is 27.3 Å². The first kappa shape index (κ1) is 12.4. The average molecular weight is 244 g/mol.